The molecule has 3 aromatic carbocycles. The number of fused-ring (bicyclic) bond motifs is 3. The highest BCUT2D eigenvalue weighted by Crippen LogP contribution is 2.36. The van der Waals surface area contributed by atoms with Crippen LogP contribution in [-0.4, -0.2) is 12.1 Å². The number of hydrogen-bond donors (Lipinski definition) is 2. The fourth-order valence-corrected chi connectivity index (χ4v) is 4.99. The van der Waals surface area contributed by atoms with E-state index in [1.54, 1.807) is 0 Å². The minimum absolute atomic E-state index is 0.242. The second-order valence-electron chi connectivity index (χ2n) is 10.3. The van der Waals surface area contributed by atoms with Crippen molar-refractivity contribution < 1.29 is 0 Å². The number of hydrogen-bond acceptors (Lipinski definition) is 2. The van der Waals surface area contributed by atoms with Crippen molar-refractivity contribution in [3.05, 3.63) is 138 Å². The van der Waals surface area contributed by atoms with Crippen molar-refractivity contribution in [1.29, 1.82) is 0 Å². The van der Waals surface area contributed by atoms with Crippen molar-refractivity contribution in [2.75, 3.05) is 0 Å². The van der Waals surface area contributed by atoms with Gasteiger partial charge in [-0.25, -0.2) is 0 Å². The third-order valence-electron chi connectivity index (χ3n) is 7.24. The molecule has 1 unspecified atom stereocenters. The third-order valence-corrected chi connectivity index (χ3v) is 7.24. The number of rotatable bonds is 13. The molecule has 0 aliphatic heterocycles. The molecule has 0 spiro atoms. The van der Waals surface area contributed by atoms with Crippen molar-refractivity contribution in [3.8, 4) is 0 Å². The van der Waals surface area contributed by atoms with Crippen LogP contribution in [0.25, 0.3) is 41.2 Å². The summed E-state index contributed by atoms with van der Waals surface area (Å²) in [7, 11) is 0. The van der Waals surface area contributed by atoms with Crippen molar-refractivity contribution >= 4 is 41.2 Å². The fourth-order valence-electron chi connectivity index (χ4n) is 4.99. The normalized spacial score (nSPS) is 14.8. The second kappa shape index (κ2) is 14.7. The standard InChI is InChI=1S/C38H42N2/c1-5-29(3)39-26-13-7-8-14-27-40-30(4)22-23-31-16-15-17-32(28-31)24-25-38-33(6-2)34-18-9-10-19-35(34)36-20-11-12-21-37(36)38/h5-6,9,11-18,20-30,39-40H,1-2,7-8,10,19H2,3-4H3/b23-22+,25-24+,26-13+,27-14+/t29?,30-/m1/s1. The summed E-state index contributed by atoms with van der Waals surface area (Å²) in [6, 6.07) is 18.0. The molecule has 2 heteroatoms. The van der Waals surface area contributed by atoms with Gasteiger partial charge in [0.15, 0.2) is 0 Å². The Kier molecular flexibility index (Phi) is 10.6. The molecular formula is C38H42N2. The number of unbranched alkanes of at least 4 members (excludes halogenated alkanes) is 1. The summed E-state index contributed by atoms with van der Waals surface area (Å²) in [5, 5.41) is 9.34. The molecule has 2 atom stereocenters. The second-order valence-corrected chi connectivity index (χ2v) is 10.3. The first-order valence-electron chi connectivity index (χ1n) is 14.4. The largest absolute Gasteiger partial charge is 0.385 e. The van der Waals surface area contributed by atoms with Gasteiger partial charge in [-0.1, -0.05) is 110 Å². The van der Waals surface area contributed by atoms with E-state index in [1.807, 2.05) is 18.4 Å². The van der Waals surface area contributed by atoms with Gasteiger partial charge in [-0.3, -0.25) is 0 Å². The van der Waals surface area contributed by atoms with Crippen LogP contribution in [-0.2, 0) is 6.42 Å². The SMILES string of the molecule is C=Cc1c2c(c3ccccc3c1/C=C/c1cccc(/C=C/[C@@H](C)N/C=C/CC/C=C/NC(C)C=C)c1)CCC=C2. The highest BCUT2D eigenvalue weighted by molar-refractivity contribution is 6.01. The van der Waals surface area contributed by atoms with E-state index >= 15 is 0 Å². The first-order valence-corrected chi connectivity index (χ1v) is 14.4. The van der Waals surface area contributed by atoms with Crippen LogP contribution in [0.15, 0.2) is 104 Å². The number of aryl methyl sites for hydroxylation is 1. The maximum Gasteiger partial charge on any atom is 0.0413 e. The topological polar surface area (TPSA) is 24.1 Å². The molecule has 2 N–H and O–H groups in total. The van der Waals surface area contributed by atoms with Gasteiger partial charge in [0.25, 0.3) is 0 Å². The molecule has 0 radical (unpaired) electrons. The third kappa shape index (κ3) is 7.64. The molecule has 1 aliphatic rings. The molecule has 0 bridgehead atoms. The molecule has 2 nitrogen and oxygen atoms in total. The molecular weight excluding hydrogens is 484 g/mol. The zero-order valence-corrected chi connectivity index (χ0v) is 23.9. The summed E-state index contributed by atoms with van der Waals surface area (Å²) in [6.07, 6.45) is 29.9. The van der Waals surface area contributed by atoms with E-state index in [-0.39, 0.29) is 6.04 Å². The Balaban J connectivity index is 1.40. The van der Waals surface area contributed by atoms with Crippen LogP contribution < -0.4 is 10.6 Å². The minimum atomic E-state index is 0.242. The fraction of sp³-hybridized carbons (Fsp3) is 0.211. The van der Waals surface area contributed by atoms with Crippen molar-refractivity contribution in [2.24, 2.45) is 0 Å². The smallest absolute Gasteiger partial charge is 0.0413 e. The monoisotopic (exact) mass is 526 g/mol. The number of allylic oxidation sites excluding steroid dienone is 3. The molecule has 0 heterocycles. The number of benzene rings is 3. The first kappa shape index (κ1) is 28.7. The zero-order valence-electron chi connectivity index (χ0n) is 23.9. The van der Waals surface area contributed by atoms with Crippen LogP contribution >= 0.6 is 0 Å². The Bertz CT molecular complexity index is 1460. The Labute approximate surface area is 240 Å². The summed E-state index contributed by atoms with van der Waals surface area (Å²) in [6.45, 7) is 12.2. The predicted molar refractivity (Wildman–Crippen MR) is 179 cm³/mol. The van der Waals surface area contributed by atoms with E-state index in [4.69, 9.17) is 0 Å². The molecule has 0 aromatic heterocycles. The van der Waals surface area contributed by atoms with Crippen LogP contribution in [0.4, 0.5) is 0 Å². The van der Waals surface area contributed by atoms with E-state index in [9.17, 15) is 0 Å². The molecule has 0 fully saturated rings. The van der Waals surface area contributed by atoms with Gasteiger partial charge in [0.1, 0.15) is 0 Å². The van der Waals surface area contributed by atoms with Gasteiger partial charge in [0.2, 0.25) is 0 Å². The first-order chi connectivity index (χ1) is 19.6. The highest BCUT2D eigenvalue weighted by Gasteiger charge is 2.16. The quantitative estimate of drug-likeness (QED) is 0.132. The molecule has 3 aromatic rings. The lowest BCUT2D eigenvalue weighted by Crippen LogP contribution is -2.17. The summed E-state index contributed by atoms with van der Waals surface area (Å²) >= 11 is 0. The maximum absolute atomic E-state index is 4.17. The van der Waals surface area contributed by atoms with Crippen LogP contribution in [0.5, 0.6) is 0 Å². The lowest BCUT2D eigenvalue weighted by Gasteiger charge is -2.20. The Morgan fingerprint density at radius 1 is 0.800 bits per heavy atom. The Morgan fingerprint density at radius 3 is 2.23 bits per heavy atom. The van der Waals surface area contributed by atoms with E-state index in [0.29, 0.717) is 6.04 Å². The van der Waals surface area contributed by atoms with Gasteiger partial charge in [0, 0.05) is 12.1 Å². The highest BCUT2D eigenvalue weighted by atomic mass is 14.9. The van der Waals surface area contributed by atoms with E-state index in [1.165, 1.54) is 44.2 Å². The lowest BCUT2D eigenvalue weighted by atomic mass is 9.84. The van der Waals surface area contributed by atoms with Crippen LogP contribution in [0.1, 0.15) is 66.5 Å². The van der Waals surface area contributed by atoms with Crippen LogP contribution in [0.2, 0.25) is 0 Å². The average Bonchev–Trinajstić information content (AvgIpc) is 3.00. The summed E-state index contributed by atoms with van der Waals surface area (Å²) < 4.78 is 0. The summed E-state index contributed by atoms with van der Waals surface area (Å²) in [5.41, 5.74) is 7.59. The van der Waals surface area contributed by atoms with E-state index in [0.717, 1.165) is 25.7 Å². The van der Waals surface area contributed by atoms with E-state index in [2.05, 4.69) is 141 Å². The minimum Gasteiger partial charge on any atom is -0.385 e. The summed E-state index contributed by atoms with van der Waals surface area (Å²) in [4.78, 5) is 0. The van der Waals surface area contributed by atoms with Gasteiger partial charge in [-0.2, -0.15) is 0 Å². The molecule has 0 saturated carbocycles. The van der Waals surface area contributed by atoms with Crippen LogP contribution in [0, 0.1) is 0 Å². The Morgan fingerprint density at radius 2 is 1.50 bits per heavy atom. The van der Waals surface area contributed by atoms with Crippen molar-refractivity contribution in [1.82, 2.24) is 10.6 Å². The average molecular weight is 527 g/mol. The van der Waals surface area contributed by atoms with E-state index < -0.39 is 0 Å². The molecule has 0 amide bonds. The van der Waals surface area contributed by atoms with Gasteiger partial charge < -0.3 is 10.6 Å². The van der Waals surface area contributed by atoms with Gasteiger partial charge in [-0.15, -0.1) is 6.58 Å². The van der Waals surface area contributed by atoms with Crippen molar-refractivity contribution in [2.45, 2.75) is 51.6 Å². The summed E-state index contributed by atoms with van der Waals surface area (Å²) in [5.74, 6) is 0. The molecule has 40 heavy (non-hydrogen) atoms. The molecule has 204 valence electrons. The lowest BCUT2D eigenvalue weighted by molar-refractivity contribution is 0.763. The molecule has 0 saturated heterocycles. The van der Waals surface area contributed by atoms with Crippen LogP contribution in [0.3, 0.4) is 0 Å². The Hall–Kier alpha value is -4.30. The maximum atomic E-state index is 4.17. The predicted octanol–water partition coefficient (Wildman–Crippen LogP) is 9.58. The molecule has 4 rings (SSSR count). The van der Waals surface area contributed by atoms with Crippen molar-refractivity contribution in [3.63, 3.8) is 0 Å². The van der Waals surface area contributed by atoms with Gasteiger partial charge in [-0.05, 0) is 102 Å². The number of nitrogens with one attached hydrogen (secondary N) is 2. The molecule has 1 aliphatic carbocycles. The van der Waals surface area contributed by atoms with Gasteiger partial charge >= 0.3 is 0 Å². The zero-order chi connectivity index (χ0) is 28.2. The van der Waals surface area contributed by atoms with Gasteiger partial charge in [0.05, 0.1) is 0 Å².